The van der Waals surface area contributed by atoms with Crippen molar-refractivity contribution in [1.29, 1.82) is 0 Å². The topological polar surface area (TPSA) is 81.1 Å². The normalized spacial score (nSPS) is 24.4. The number of piperidine rings is 1. The number of fused-ring (bicyclic) bond motifs is 1. The largest absolute Gasteiger partial charge is 0.490 e. The predicted molar refractivity (Wildman–Crippen MR) is 110 cm³/mol. The molecular formula is C21H28N2O5S. The highest BCUT2D eigenvalue weighted by Gasteiger charge is 2.52. The van der Waals surface area contributed by atoms with E-state index in [9.17, 15) is 9.90 Å². The van der Waals surface area contributed by atoms with Crippen molar-refractivity contribution in [2.24, 2.45) is 0 Å². The van der Waals surface area contributed by atoms with Gasteiger partial charge in [0.15, 0.2) is 5.60 Å². The lowest BCUT2D eigenvalue weighted by atomic mass is 9.88. The number of hydrogen-bond donors (Lipinski definition) is 1. The van der Waals surface area contributed by atoms with Crippen LogP contribution in [0.4, 0.5) is 0 Å². The SMILES string of the molecule is Cc1cc(C(=O)N2CC[C@@]3(c4nccs4)OCOC3C2)ccc1OCC(C)(C)O.[HH]. The summed E-state index contributed by atoms with van der Waals surface area (Å²) in [6, 6.07) is 5.38. The first-order valence-electron chi connectivity index (χ1n) is 9.69. The van der Waals surface area contributed by atoms with Crippen LogP contribution in [0.1, 0.15) is 42.6 Å². The summed E-state index contributed by atoms with van der Waals surface area (Å²) < 4.78 is 17.5. The van der Waals surface area contributed by atoms with Crippen molar-refractivity contribution in [1.82, 2.24) is 9.88 Å². The van der Waals surface area contributed by atoms with Crippen LogP contribution in [-0.4, -0.2) is 59.1 Å². The molecule has 4 rings (SSSR count). The van der Waals surface area contributed by atoms with E-state index in [-0.39, 0.29) is 26.8 Å². The molecule has 1 N–H and O–H groups in total. The number of benzene rings is 1. The number of ether oxygens (including phenoxy) is 3. The number of rotatable bonds is 5. The molecule has 0 spiro atoms. The number of aromatic nitrogens is 1. The molecular weight excluding hydrogens is 392 g/mol. The van der Waals surface area contributed by atoms with Crippen LogP contribution in [0.25, 0.3) is 0 Å². The monoisotopic (exact) mass is 420 g/mol. The molecule has 0 bridgehead atoms. The van der Waals surface area contributed by atoms with Crippen molar-refractivity contribution in [2.75, 3.05) is 26.5 Å². The molecule has 0 radical (unpaired) electrons. The van der Waals surface area contributed by atoms with Crippen molar-refractivity contribution in [3.05, 3.63) is 45.9 Å². The third-order valence-electron chi connectivity index (χ3n) is 5.33. The first kappa shape index (κ1) is 20.3. The Kier molecular flexibility index (Phi) is 5.37. The van der Waals surface area contributed by atoms with E-state index >= 15 is 0 Å². The third kappa shape index (κ3) is 4.02. The maximum atomic E-state index is 13.1. The van der Waals surface area contributed by atoms with Crippen molar-refractivity contribution >= 4 is 17.2 Å². The van der Waals surface area contributed by atoms with Gasteiger partial charge in [0.2, 0.25) is 0 Å². The minimum absolute atomic E-state index is 0. The second-order valence-corrected chi connectivity index (χ2v) is 9.12. The fourth-order valence-corrected chi connectivity index (χ4v) is 4.64. The van der Waals surface area contributed by atoms with Crippen LogP contribution >= 0.6 is 11.3 Å². The van der Waals surface area contributed by atoms with Crippen molar-refractivity contribution in [3.63, 3.8) is 0 Å². The number of nitrogens with zero attached hydrogens (tertiary/aromatic N) is 2. The number of aryl methyl sites for hydroxylation is 1. The summed E-state index contributed by atoms with van der Waals surface area (Å²) >= 11 is 1.56. The van der Waals surface area contributed by atoms with Gasteiger partial charge in [-0.15, -0.1) is 11.3 Å². The Labute approximate surface area is 175 Å². The standard InChI is InChI=1S/C21H26N2O5S.H2/c1-14-10-15(4-5-16(14)26-12-20(2,3)25)18(24)23-8-6-21(19-22-7-9-29-19)17(11-23)27-13-28-21;/h4-5,7,9-10,17,25H,6,8,11-13H2,1-3H3;1H/t17?,21-;/m1./s1. The lowest BCUT2D eigenvalue weighted by Gasteiger charge is -2.40. The average Bonchev–Trinajstić information content (AvgIpc) is 3.35. The summed E-state index contributed by atoms with van der Waals surface area (Å²) in [6.45, 7) is 6.73. The highest BCUT2D eigenvalue weighted by Crippen LogP contribution is 2.43. The maximum absolute atomic E-state index is 13.1. The van der Waals surface area contributed by atoms with E-state index in [4.69, 9.17) is 14.2 Å². The molecule has 2 aliphatic rings. The summed E-state index contributed by atoms with van der Waals surface area (Å²) in [5.74, 6) is 0.628. The fourth-order valence-electron chi connectivity index (χ4n) is 3.78. The van der Waals surface area contributed by atoms with Crippen LogP contribution in [0.15, 0.2) is 29.8 Å². The molecule has 8 heteroatoms. The van der Waals surface area contributed by atoms with Gasteiger partial charge < -0.3 is 24.2 Å². The van der Waals surface area contributed by atoms with Crippen molar-refractivity contribution in [2.45, 2.75) is 44.5 Å². The summed E-state index contributed by atoms with van der Waals surface area (Å²) in [7, 11) is 0. The van der Waals surface area contributed by atoms with Gasteiger partial charge >= 0.3 is 0 Å². The van der Waals surface area contributed by atoms with Crippen LogP contribution in [0.3, 0.4) is 0 Å². The van der Waals surface area contributed by atoms with Gasteiger partial charge in [0.05, 0.1) is 12.1 Å². The molecule has 158 valence electrons. The van der Waals surface area contributed by atoms with Crippen molar-refractivity contribution in [3.8, 4) is 5.75 Å². The van der Waals surface area contributed by atoms with Gasteiger partial charge in [-0.1, -0.05) is 0 Å². The highest BCUT2D eigenvalue weighted by molar-refractivity contribution is 7.09. The van der Waals surface area contributed by atoms with E-state index in [0.29, 0.717) is 30.8 Å². The Bertz CT molecular complexity index is 886. The average molecular weight is 421 g/mol. The fraction of sp³-hybridized carbons (Fsp3) is 0.524. The van der Waals surface area contributed by atoms with Gasteiger partial charge in [-0.05, 0) is 44.5 Å². The van der Waals surface area contributed by atoms with E-state index < -0.39 is 11.2 Å². The van der Waals surface area contributed by atoms with Gasteiger partial charge in [0.1, 0.15) is 30.3 Å². The zero-order valence-corrected chi connectivity index (χ0v) is 17.7. The number of hydrogen-bond acceptors (Lipinski definition) is 7. The summed E-state index contributed by atoms with van der Waals surface area (Å²) in [4.78, 5) is 19.3. The van der Waals surface area contributed by atoms with E-state index in [1.165, 1.54) is 0 Å². The number of aliphatic hydroxyl groups is 1. The molecule has 0 aliphatic carbocycles. The molecule has 2 aliphatic heterocycles. The van der Waals surface area contributed by atoms with Gasteiger partial charge in [0.25, 0.3) is 5.91 Å². The van der Waals surface area contributed by atoms with Crippen LogP contribution < -0.4 is 4.74 Å². The zero-order valence-electron chi connectivity index (χ0n) is 16.9. The molecule has 3 heterocycles. The molecule has 7 nitrogen and oxygen atoms in total. The van der Waals surface area contributed by atoms with Crippen LogP contribution in [0.5, 0.6) is 5.75 Å². The van der Waals surface area contributed by atoms with Gasteiger partial charge in [-0.3, -0.25) is 4.79 Å². The molecule has 2 fully saturated rings. The van der Waals surface area contributed by atoms with Gasteiger partial charge in [0, 0.05) is 31.5 Å². The second-order valence-electron chi connectivity index (χ2n) is 8.23. The van der Waals surface area contributed by atoms with Gasteiger partial charge in [-0.2, -0.15) is 0 Å². The third-order valence-corrected chi connectivity index (χ3v) is 6.26. The molecule has 2 saturated heterocycles. The number of carbonyl (C=O) groups is 1. The molecule has 1 amide bonds. The Morgan fingerprint density at radius 3 is 3.03 bits per heavy atom. The number of thiazole rings is 1. The summed E-state index contributed by atoms with van der Waals surface area (Å²) in [6.07, 6.45) is 2.21. The number of carbonyl (C=O) groups excluding carboxylic acids is 1. The predicted octanol–water partition coefficient (Wildman–Crippen LogP) is 2.96. The molecule has 1 aromatic carbocycles. The van der Waals surface area contributed by atoms with Crippen molar-refractivity contribution < 1.29 is 25.5 Å². The Balaban J connectivity index is 0.00000256. The minimum atomic E-state index is -0.915. The number of likely N-dealkylation sites (tertiary alicyclic amines) is 1. The van der Waals surface area contributed by atoms with E-state index in [0.717, 1.165) is 10.6 Å². The van der Waals surface area contributed by atoms with E-state index in [1.54, 1.807) is 43.5 Å². The summed E-state index contributed by atoms with van der Waals surface area (Å²) in [5, 5.41) is 12.7. The molecule has 2 atom stereocenters. The quantitative estimate of drug-likeness (QED) is 0.801. The Morgan fingerprint density at radius 1 is 1.52 bits per heavy atom. The zero-order chi connectivity index (χ0) is 20.6. The molecule has 0 saturated carbocycles. The van der Waals surface area contributed by atoms with Crippen LogP contribution in [0, 0.1) is 6.92 Å². The molecule has 2 aromatic rings. The minimum Gasteiger partial charge on any atom is -0.490 e. The molecule has 1 unspecified atom stereocenters. The first-order valence-corrected chi connectivity index (χ1v) is 10.6. The number of amides is 1. The second kappa shape index (κ2) is 7.68. The molecule has 29 heavy (non-hydrogen) atoms. The maximum Gasteiger partial charge on any atom is 0.253 e. The lowest BCUT2D eigenvalue weighted by molar-refractivity contribution is -0.0440. The van der Waals surface area contributed by atoms with E-state index in [1.807, 2.05) is 23.3 Å². The van der Waals surface area contributed by atoms with Gasteiger partial charge in [-0.25, -0.2) is 4.98 Å². The first-order chi connectivity index (χ1) is 13.8. The lowest BCUT2D eigenvalue weighted by Crippen LogP contribution is -2.53. The Hall–Kier alpha value is -2.00. The molecule has 1 aromatic heterocycles. The van der Waals surface area contributed by atoms with Crippen LogP contribution in [0.2, 0.25) is 0 Å². The smallest absolute Gasteiger partial charge is 0.253 e. The van der Waals surface area contributed by atoms with Crippen LogP contribution in [-0.2, 0) is 15.1 Å². The summed E-state index contributed by atoms with van der Waals surface area (Å²) in [5.41, 5.74) is 0.00552. The Morgan fingerprint density at radius 2 is 2.34 bits per heavy atom. The highest BCUT2D eigenvalue weighted by atomic mass is 32.1. The van der Waals surface area contributed by atoms with E-state index in [2.05, 4.69) is 4.98 Å².